The van der Waals surface area contributed by atoms with Crippen LogP contribution in [-0.2, 0) is 0 Å². The summed E-state index contributed by atoms with van der Waals surface area (Å²) in [5.41, 5.74) is 8.46. The van der Waals surface area contributed by atoms with Crippen LogP contribution < -0.4 is 5.73 Å². The summed E-state index contributed by atoms with van der Waals surface area (Å²) < 4.78 is 1.66. The fraction of sp³-hybridized carbons (Fsp3) is 0.0714. The maximum atomic E-state index is 12.4. The van der Waals surface area contributed by atoms with Crippen molar-refractivity contribution in [2.24, 2.45) is 0 Å². The molecule has 0 amide bonds. The molecule has 18 heavy (non-hydrogen) atoms. The van der Waals surface area contributed by atoms with Gasteiger partial charge in [0, 0.05) is 17.3 Å². The normalized spacial score (nSPS) is 10.9. The number of anilines is 1. The Bertz CT molecular complexity index is 739. The average Bonchev–Trinajstić information content (AvgIpc) is 2.95. The SMILES string of the molecule is Cc1ccsc1C(=O)n1ccc2c(N)cccc21. The van der Waals surface area contributed by atoms with Gasteiger partial charge in [-0.3, -0.25) is 9.36 Å². The van der Waals surface area contributed by atoms with E-state index in [-0.39, 0.29) is 5.91 Å². The number of nitrogens with two attached hydrogens (primary N) is 1. The molecule has 0 bridgehead atoms. The van der Waals surface area contributed by atoms with Gasteiger partial charge in [-0.1, -0.05) is 6.07 Å². The molecule has 0 saturated heterocycles. The average molecular weight is 256 g/mol. The van der Waals surface area contributed by atoms with Gasteiger partial charge in [0.15, 0.2) is 0 Å². The zero-order valence-corrected chi connectivity index (χ0v) is 10.7. The molecule has 3 nitrogen and oxygen atoms in total. The topological polar surface area (TPSA) is 48.0 Å². The zero-order valence-electron chi connectivity index (χ0n) is 9.88. The lowest BCUT2D eigenvalue weighted by molar-refractivity contribution is 0.0968. The van der Waals surface area contributed by atoms with Gasteiger partial charge in [-0.25, -0.2) is 0 Å². The third kappa shape index (κ3) is 1.54. The molecule has 0 unspecified atom stereocenters. The lowest BCUT2D eigenvalue weighted by Crippen LogP contribution is -2.09. The number of fused-ring (bicyclic) bond motifs is 1. The highest BCUT2D eigenvalue weighted by Crippen LogP contribution is 2.24. The van der Waals surface area contributed by atoms with Crippen LogP contribution in [0.4, 0.5) is 5.69 Å². The number of thiophene rings is 1. The molecule has 0 saturated carbocycles. The molecule has 0 spiro atoms. The number of carbonyl (C=O) groups is 1. The summed E-state index contributed by atoms with van der Waals surface area (Å²) >= 11 is 1.47. The van der Waals surface area contributed by atoms with Gasteiger partial charge in [0.2, 0.25) is 0 Å². The number of aromatic nitrogens is 1. The summed E-state index contributed by atoms with van der Waals surface area (Å²) in [7, 11) is 0. The van der Waals surface area contributed by atoms with Gasteiger partial charge >= 0.3 is 0 Å². The van der Waals surface area contributed by atoms with Crippen LogP contribution in [0.15, 0.2) is 41.9 Å². The summed E-state index contributed by atoms with van der Waals surface area (Å²) in [6.07, 6.45) is 1.78. The van der Waals surface area contributed by atoms with Crippen molar-refractivity contribution in [2.75, 3.05) is 5.73 Å². The van der Waals surface area contributed by atoms with Crippen molar-refractivity contribution in [3.05, 3.63) is 52.3 Å². The minimum Gasteiger partial charge on any atom is -0.398 e. The summed E-state index contributed by atoms with van der Waals surface area (Å²) in [4.78, 5) is 13.2. The second-order valence-electron chi connectivity index (χ2n) is 4.20. The molecule has 2 aromatic heterocycles. The first-order valence-electron chi connectivity index (χ1n) is 5.63. The van der Waals surface area contributed by atoms with Crippen molar-refractivity contribution in [1.29, 1.82) is 0 Å². The lowest BCUT2D eigenvalue weighted by Gasteiger charge is -2.04. The Morgan fingerprint density at radius 1 is 1.28 bits per heavy atom. The summed E-state index contributed by atoms with van der Waals surface area (Å²) in [5, 5.41) is 2.85. The fourth-order valence-corrected chi connectivity index (χ4v) is 2.93. The molecule has 1 aromatic carbocycles. The van der Waals surface area contributed by atoms with Crippen molar-refractivity contribution < 1.29 is 4.79 Å². The number of hydrogen-bond donors (Lipinski definition) is 1. The Hall–Kier alpha value is -2.07. The van der Waals surface area contributed by atoms with Crippen molar-refractivity contribution >= 4 is 33.8 Å². The van der Waals surface area contributed by atoms with Gasteiger partial charge in [-0.15, -0.1) is 11.3 Å². The molecule has 3 rings (SSSR count). The maximum absolute atomic E-state index is 12.4. The highest BCUT2D eigenvalue weighted by atomic mass is 32.1. The van der Waals surface area contributed by atoms with E-state index in [4.69, 9.17) is 5.73 Å². The van der Waals surface area contributed by atoms with Gasteiger partial charge in [0.1, 0.15) is 0 Å². The third-order valence-corrected chi connectivity index (χ3v) is 4.05. The molecule has 0 aliphatic carbocycles. The fourth-order valence-electron chi connectivity index (χ4n) is 2.07. The summed E-state index contributed by atoms with van der Waals surface area (Å²) in [6, 6.07) is 9.45. The van der Waals surface area contributed by atoms with Crippen molar-refractivity contribution in [2.45, 2.75) is 6.92 Å². The maximum Gasteiger partial charge on any atom is 0.272 e. The molecule has 3 aromatic rings. The van der Waals surface area contributed by atoms with Gasteiger partial charge < -0.3 is 5.73 Å². The standard InChI is InChI=1S/C14H12N2OS/c1-9-6-8-18-13(9)14(17)16-7-5-10-11(15)3-2-4-12(10)16/h2-8H,15H2,1H3. The van der Waals surface area contributed by atoms with E-state index >= 15 is 0 Å². The first-order valence-corrected chi connectivity index (χ1v) is 6.51. The molecule has 2 heterocycles. The van der Waals surface area contributed by atoms with Crippen LogP contribution in [-0.4, -0.2) is 10.5 Å². The Kier molecular flexibility index (Phi) is 2.45. The van der Waals surface area contributed by atoms with Crippen molar-refractivity contribution in [1.82, 2.24) is 4.57 Å². The van der Waals surface area contributed by atoms with E-state index in [0.29, 0.717) is 5.69 Å². The number of carbonyl (C=O) groups excluding carboxylic acids is 1. The summed E-state index contributed by atoms with van der Waals surface area (Å²) in [5.74, 6) is 0.00287. The van der Waals surface area contributed by atoms with Crippen LogP contribution >= 0.6 is 11.3 Å². The van der Waals surface area contributed by atoms with Gasteiger partial charge in [-0.05, 0) is 42.1 Å². The van der Waals surface area contributed by atoms with Crippen LogP contribution in [0.2, 0.25) is 0 Å². The molecule has 90 valence electrons. The molecule has 0 radical (unpaired) electrons. The predicted molar refractivity (Wildman–Crippen MR) is 75.1 cm³/mol. The number of aryl methyl sites for hydroxylation is 1. The van der Waals surface area contributed by atoms with Crippen LogP contribution in [0.25, 0.3) is 10.9 Å². The van der Waals surface area contributed by atoms with E-state index in [0.717, 1.165) is 21.3 Å². The first-order chi connectivity index (χ1) is 8.68. The Balaban J connectivity index is 2.19. The van der Waals surface area contributed by atoms with Crippen molar-refractivity contribution in [3.8, 4) is 0 Å². The third-order valence-electron chi connectivity index (χ3n) is 3.04. The largest absolute Gasteiger partial charge is 0.398 e. The van der Waals surface area contributed by atoms with E-state index in [2.05, 4.69) is 0 Å². The molecule has 0 atom stereocenters. The molecule has 0 aliphatic rings. The highest BCUT2D eigenvalue weighted by Gasteiger charge is 2.15. The molecule has 2 N–H and O–H groups in total. The Morgan fingerprint density at radius 3 is 2.83 bits per heavy atom. The smallest absolute Gasteiger partial charge is 0.272 e. The zero-order chi connectivity index (χ0) is 12.7. The summed E-state index contributed by atoms with van der Waals surface area (Å²) in [6.45, 7) is 1.95. The molecular formula is C14H12N2OS. The minimum atomic E-state index is 0.00287. The minimum absolute atomic E-state index is 0.00287. The number of hydrogen-bond acceptors (Lipinski definition) is 3. The second-order valence-corrected chi connectivity index (χ2v) is 5.12. The highest BCUT2D eigenvalue weighted by molar-refractivity contribution is 7.12. The molecule has 0 fully saturated rings. The van der Waals surface area contributed by atoms with E-state index in [9.17, 15) is 4.79 Å². The Morgan fingerprint density at radius 2 is 2.11 bits per heavy atom. The number of benzene rings is 1. The van der Waals surface area contributed by atoms with E-state index in [1.165, 1.54) is 11.3 Å². The van der Waals surface area contributed by atoms with Gasteiger partial charge in [-0.2, -0.15) is 0 Å². The number of rotatable bonds is 1. The number of nitrogen functional groups attached to an aromatic ring is 1. The van der Waals surface area contributed by atoms with Gasteiger partial charge in [0.25, 0.3) is 5.91 Å². The van der Waals surface area contributed by atoms with E-state index in [1.807, 2.05) is 42.6 Å². The van der Waals surface area contributed by atoms with Crippen LogP contribution in [0, 0.1) is 6.92 Å². The van der Waals surface area contributed by atoms with Gasteiger partial charge in [0.05, 0.1) is 10.4 Å². The Labute approximate surface area is 108 Å². The molecule has 0 aliphatic heterocycles. The monoisotopic (exact) mass is 256 g/mol. The predicted octanol–water partition coefficient (Wildman–Crippen LogP) is 3.28. The quantitative estimate of drug-likeness (QED) is 0.679. The van der Waals surface area contributed by atoms with Crippen LogP contribution in [0.3, 0.4) is 0 Å². The van der Waals surface area contributed by atoms with E-state index < -0.39 is 0 Å². The number of nitrogens with zero attached hydrogens (tertiary/aromatic N) is 1. The molecule has 4 heteroatoms. The first kappa shape index (κ1) is 11.0. The van der Waals surface area contributed by atoms with Crippen LogP contribution in [0.5, 0.6) is 0 Å². The van der Waals surface area contributed by atoms with Crippen LogP contribution in [0.1, 0.15) is 15.2 Å². The van der Waals surface area contributed by atoms with E-state index in [1.54, 1.807) is 10.8 Å². The lowest BCUT2D eigenvalue weighted by atomic mass is 10.2. The van der Waals surface area contributed by atoms with Crippen molar-refractivity contribution in [3.63, 3.8) is 0 Å². The molecular weight excluding hydrogens is 244 g/mol. The second kappa shape index (κ2) is 3.99.